The molecule has 1 aliphatic heterocycles. The number of aryl methyl sites for hydroxylation is 2. The van der Waals surface area contributed by atoms with Gasteiger partial charge < -0.3 is 15.4 Å². The number of imide groups is 1. The number of benzene rings is 3. The van der Waals surface area contributed by atoms with Gasteiger partial charge in [-0.25, -0.2) is 4.79 Å². The first-order valence-corrected chi connectivity index (χ1v) is 11.8. The molecule has 4 amide bonds. The number of amides is 4. The van der Waals surface area contributed by atoms with Gasteiger partial charge in [0.05, 0.1) is 0 Å². The molecule has 0 radical (unpaired) electrons. The van der Waals surface area contributed by atoms with Gasteiger partial charge in [0.2, 0.25) is 5.91 Å². The van der Waals surface area contributed by atoms with E-state index in [2.05, 4.69) is 10.6 Å². The first kappa shape index (κ1) is 22.7. The predicted molar refractivity (Wildman–Crippen MR) is 132 cm³/mol. The van der Waals surface area contributed by atoms with Crippen LogP contribution in [0.4, 0.5) is 10.5 Å². The number of ether oxygens (including phenoxy) is 1. The fraction of sp³-hybridized carbons (Fsp3) is 0.250. The van der Waals surface area contributed by atoms with E-state index in [1.807, 2.05) is 55.5 Å². The Hall–Kier alpha value is -4.13. The molecule has 1 saturated heterocycles. The zero-order valence-electron chi connectivity index (χ0n) is 19.5. The quantitative estimate of drug-likeness (QED) is 0.521. The Labute approximate surface area is 204 Å². The normalized spacial score (nSPS) is 19.2. The van der Waals surface area contributed by atoms with Gasteiger partial charge in [-0.15, -0.1) is 0 Å². The van der Waals surface area contributed by atoms with E-state index >= 15 is 0 Å². The number of hydrogen-bond acceptors (Lipinski definition) is 4. The van der Waals surface area contributed by atoms with E-state index in [1.54, 1.807) is 24.3 Å². The molecule has 178 valence electrons. The van der Waals surface area contributed by atoms with Crippen molar-refractivity contribution in [3.63, 3.8) is 0 Å². The van der Waals surface area contributed by atoms with Crippen molar-refractivity contribution in [1.82, 2.24) is 10.2 Å². The number of hydrogen-bond donors (Lipinski definition) is 2. The summed E-state index contributed by atoms with van der Waals surface area (Å²) < 4.78 is 5.84. The first-order valence-electron chi connectivity index (χ1n) is 11.8. The van der Waals surface area contributed by atoms with Crippen LogP contribution in [0.1, 0.15) is 36.0 Å². The SMILES string of the molecule is Cc1cccc(Oc2ccc(NC(=O)CN3C(=O)NC4(CCCCc5ccccc54)C3=O)cc2)c1. The second-order valence-electron chi connectivity index (χ2n) is 9.08. The minimum Gasteiger partial charge on any atom is -0.457 e. The molecule has 7 nitrogen and oxygen atoms in total. The third kappa shape index (κ3) is 4.49. The van der Waals surface area contributed by atoms with E-state index < -0.39 is 17.5 Å². The Morgan fingerprint density at radius 3 is 2.60 bits per heavy atom. The summed E-state index contributed by atoms with van der Waals surface area (Å²) >= 11 is 0. The standard InChI is InChI=1S/C28H27N3O4/c1-19-7-6-10-23(17-19)35-22-14-12-21(13-15-22)29-25(32)18-31-26(33)28(30-27(31)34)16-5-4-9-20-8-2-3-11-24(20)28/h2-3,6-8,10-15,17H,4-5,9,16,18H2,1H3,(H,29,32)(H,30,34). The van der Waals surface area contributed by atoms with Crippen LogP contribution in [0.3, 0.4) is 0 Å². The van der Waals surface area contributed by atoms with Gasteiger partial charge >= 0.3 is 6.03 Å². The lowest BCUT2D eigenvalue weighted by atomic mass is 9.84. The molecule has 2 aliphatic rings. The molecule has 0 bridgehead atoms. The number of urea groups is 1. The average Bonchev–Trinajstić information content (AvgIpc) is 2.97. The number of fused-ring (bicyclic) bond motifs is 2. The van der Waals surface area contributed by atoms with Crippen LogP contribution >= 0.6 is 0 Å². The predicted octanol–water partition coefficient (Wildman–Crippen LogP) is 4.90. The van der Waals surface area contributed by atoms with Crippen LogP contribution < -0.4 is 15.4 Å². The minimum atomic E-state index is -1.10. The highest BCUT2D eigenvalue weighted by molar-refractivity contribution is 6.10. The van der Waals surface area contributed by atoms with Crippen LogP contribution in [0.5, 0.6) is 11.5 Å². The summed E-state index contributed by atoms with van der Waals surface area (Å²) in [5.74, 6) is 0.555. The zero-order valence-corrected chi connectivity index (χ0v) is 19.5. The van der Waals surface area contributed by atoms with Crippen molar-refractivity contribution in [2.45, 2.75) is 38.1 Å². The van der Waals surface area contributed by atoms with Crippen molar-refractivity contribution in [1.29, 1.82) is 0 Å². The Bertz CT molecular complexity index is 1290. The molecule has 35 heavy (non-hydrogen) atoms. The van der Waals surface area contributed by atoms with Crippen molar-refractivity contribution >= 4 is 23.5 Å². The number of nitrogens with one attached hydrogen (secondary N) is 2. The second-order valence-corrected chi connectivity index (χ2v) is 9.08. The number of carbonyl (C=O) groups is 3. The number of anilines is 1. The highest BCUT2D eigenvalue weighted by Gasteiger charge is 2.53. The highest BCUT2D eigenvalue weighted by Crippen LogP contribution is 2.39. The van der Waals surface area contributed by atoms with E-state index in [0.717, 1.165) is 46.6 Å². The zero-order chi connectivity index (χ0) is 24.4. The maximum atomic E-state index is 13.5. The van der Waals surface area contributed by atoms with Gasteiger partial charge in [-0.05, 0) is 85.7 Å². The Morgan fingerprint density at radius 2 is 1.80 bits per heavy atom. The fourth-order valence-electron chi connectivity index (χ4n) is 4.88. The first-order chi connectivity index (χ1) is 16.9. The molecule has 1 atom stereocenters. The van der Waals surface area contributed by atoms with Gasteiger partial charge in [-0.1, -0.05) is 36.4 Å². The third-order valence-corrected chi connectivity index (χ3v) is 6.57. The summed E-state index contributed by atoms with van der Waals surface area (Å²) in [6.07, 6.45) is 3.16. The van der Waals surface area contributed by atoms with Gasteiger partial charge in [0.25, 0.3) is 5.91 Å². The summed E-state index contributed by atoms with van der Waals surface area (Å²) in [6.45, 7) is 1.64. The smallest absolute Gasteiger partial charge is 0.325 e. The minimum absolute atomic E-state index is 0.351. The van der Waals surface area contributed by atoms with Gasteiger partial charge in [-0.3, -0.25) is 14.5 Å². The van der Waals surface area contributed by atoms with Crippen molar-refractivity contribution in [2.75, 3.05) is 11.9 Å². The highest BCUT2D eigenvalue weighted by atomic mass is 16.5. The molecule has 1 fully saturated rings. The van der Waals surface area contributed by atoms with Crippen LogP contribution in [0.15, 0.2) is 72.8 Å². The second kappa shape index (κ2) is 9.25. The van der Waals surface area contributed by atoms with Crippen LogP contribution in [0.25, 0.3) is 0 Å². The molecule has 0 aromatic heterocycles. The summed E-state index contributed by atoms with van der Waals surface area (Å²) in [6, 6.07) is 21.9. The molecule has 1 unspecified atom stereocenters. The third-order valence-electron chi connectivity index (χ3n) is 6.57. The molecule has 1 aliphatic carbocycles. The van der Waals surface area contributed by atoms with Gasteiger partial charge in [0, 0.05) is 5.69 Å². The monoisotopic (exact) mass is 469 g/mol. The van der Waals surface area contributed by atoms with Crippen LogP contribution in [0.2, 0.25) is 0 Å². The maximum Gasteiger partial charge on any atom is 0.325 e. The number of carbonyl (C=O) groups excluding carboxylic acids is 3. The molecule has 5 rings (SSSR count). The molecule has 3 aromatic carbocycles. The van der Waals surface area contributed by atoms with Gasteiger partial charge in [0.1, 0.15) is 23.6 Å². The van der Waals surface area contributed by atoms with E-state index in [0.29, 0.717) is 17.9 Å². The van der Waals surface area contributed by atoms with Crippen LogP contribution in [-0.2, 0) is 21.5 Å². The van der Waals surface area contributed by atoms with E-state index in [9.17, 15) is 14.4 Å². The lowest BCUT2D eigenvalue weighted by Gasteiger charge is -2.27. The molecule has 3 aromatic rings. The molecule has 0 saturated carbocycles. The van der Waals surface area contributed by atoms with Crippen molar-refractivity contribution in [2.24, 2.45) is 0 Å². The summed E-state index contributed by atoms with van der Waals surface area (Å²) in [4.78, 5) is 40.1. The fourth-order valence-corrected chi connectivity index (χ4v) is 4.88. The van der Waals surface area contributed by atoms with E-state index in [-0.39, 0.29) is 12.5 Å². The van der Waals surface area contributed by atoms with E-state index in [1.165, 1.54) is 0 Å². The summed E-state index contributed by atoms with van der Waals surface area (Å²) in [5.41, 5.74) is 2.45. The largest absolute Gasteiger partial charge is 0.457 e. The molecule has 7 heteroatoms. The van der Waals surface area contributed by atoms with Crippen molar-refractivity contribution in [3.8, 4) is 11.5 Å². The number of rotatable bonds is 5. The molecule has 1 heterocycles. The summed E-state index contributed by atoms with van der Waals surface area (Å²) in [7, 11) is 0. The Kier molecular flexibility index (Phi) is 5.99. The van der Waals surface area contributed by atoms with Crippen molar-refractivity contribution < 1.29 is 19.1 Å². The Balaban J connectivity index is 1.26. The topological polar surface area (TPSA) is 87.7 Å². The van der Waals surface area contributed by atoms with Gasteiger partial charge in [0.15, 0.2) is 0 Å². The molecule has 1 spiro atoms. The summed E-state index contributed by atoms with van der Waals surface area (Å²) in [5, 5.41) is 5.67. The lowest BCUT2D eigenvalue weighted by Crippen LogP contribution is -2.44. The van der Waals surface area contributed by atoms with E-state index in [4.69, 9.17) is 4.74 Å². The average molecular weight is 470 g/mol. The molecule has 2 N–H and O–H groups in total. The molecular formula is C28H27N3O4. The molecular weight excluding hydrogens is 442 g/mol. The Morgan fingerprint density at radius 1 is 1.00 bits per heavy atom. The maximum absolute atomic E-state index is 13.5. The number of nitrogens with zero attached hydrogens (tertiary/aromatic N) is 1. The van der Waals surface area contributed by atoms with Crippen LogP contribution in [-0.4, -0.2) is 29.3 Å². The van der Waals surface area contributed by atoms with Crippen LogP contribution in [0, 0.1) is 6.92 Å². The lowest BCUT2D eigenvalue weighted by molar-refractivity contribution is -0.134. The van der Waals surface area contributed by atoms with Crippen molar-refractivity contribution in [3.05, 3.63) is 89.5 Å². The van der Waals surface area contributed by atoms with Gasteiger partial charge in [-0.2, -0.15) is 0 Å².